The smallest absolute Gasteiger partial charge is 0.222 e. The Morgan fingerprint density at radius 2 is 0.700 bits per heavy atom. The first kappa shape index (κ1) is 19.5. The van der Waals surface area contributed by atoms with Crippen LogP contribution in [0.4, 0.5) is 57.1 Å². The molecular formula is C6H2F13P. The van der Waals surface area contributed by atoms with E-state index in [-0.39, 0.29) is 0 Å². The Balaban J connectivity index is 6.08. The molecule has 0 radical (unpaired) electrons. The molecule has 0 saturated heterocycles. The molecule has 0 amide bonds. The van der Waals surface area contributed by atoms with E-state index in [0.717, 1.165) is 0 Å². The summed E-state index contributed by atoms with van der Waals surface area (Å²) in [6.07, 6.45) is -14.2. The highest BCUT2D eigenvalue weighted by molar-refractivity contribution is 7.19. The summed E-state index contributed by atoms with van der Waals surface area (Å²) in [6.45, 7) is 0. The summed E-state index contributed by atoms with van der Waals surface area (Å²) in [6, 6.07) is 0. The van der Waals surface area contributed by atoms with Crippen molar-refractivity contribution in [2.75, 3.05) is 0 Å². The molecule has 0 fully saturated rings. The fourth-order valence-corrected chi connectivity index (χ4v) is 0.963. The summed E-state index contributed by atoms with van der Waals surface area (Å²) in [5.41, 5.74) is 0. The van der Waals surface area contributed by atoms with Crippen LogP contribution < -0.4 is 0 Å². The van der Waals surface area contributed by atoms with Gasteiger partial charge in [-0.1, -0.05) is 9.24 Å². The quantitative estimate of drug-likeness (QED) is 0.516. The van der Waals surface area contributed by atoms with Gasteiger partial charge in [-0.15, -0.1) is 0 Å². The van der Waals surface area contributed by atoms with Crippen LogP contribution in [0.25, 0.3) is 0 Å². The number of alkyl halides is 13. The van der Waals surface area contributed by atoms with E-state index in [9.17, 15) is 57.1 Å². The molecule has 0 nitrogen and oxygen atoms in total. The highest BCUT2D eigenvalue weighted by Gasteiger charge is 2.89. The van der Waals surface area contributed by atoms with Crippen LogP contribution in [0.2, 0.25) is 0 Å². The Kier molecular flexibility index (Phi) is 4.40. The van der Waals surface area contributed by atoms with Crippen molar-refractivity contribution in [1.29, 1.82) is 0 Å². The van der Waals surface area contributed by atoms with Crippen molar-refractivity contribution >= 4 is 9.24 Å². The molecule has 0 spiro atoms. The molecule has 0 aromatic rings. The van der Waals surface area contributed by atoms with Gasteiger partial charge in [0.1, 0.15) is 0 Å². The lowest BCUT2D eigenvalue weighted by atomic mass is 9.99. The Bertz CT molecular complexity index is 324. The van der Waals surface area contributed by atoms with Crippen molar-refractivity contribution in [2.24, 2.45) is 0 Å². The lowest BCUT2D eigenvalue weighted by molar-refractivity contribution is -0.419. The molecule has 0 N–H and O–H groups in total. The van der Waals surface area contributed by atoms with Gasteiger partial charge in [-0.3, -0.25) is 0 Å². The summed E-state index contributed by atoms with van der Waals surface area (Å²) in [5, 5.41) is -6.40. The summed E-state index contributed by atoms with van der Waals surface area (Å²) in [4.78, 5) is 0. The predicted octanol–water partition coefficient (Wildman–Crippen LogP) is 4.56. The first-order chi connectivity index (χ1) is 8.25. The summed E-state index contributed by atoms with van der Waals surface area (Å²) in [7, 11) is -0.530. The molecule has 0 aromatic carbocycles. The molecule has 122 valence electrons. The van der Waals surface area contributed by atoms with Gasteiger partial charge >= 0.3 is 30.1 Å². The molecule has 2 atom stereocenters. The zero-order chi connectivity index (χ0) is 17.0. The van der Waals surface area contributed by atoms with Crippen LogP contribution in [0.5, 0.6) is 0 Å². The van der Waals surface area contributed by atoms with Crippen molar-refractivity contribution in [1.82, 2.24) is 0 Å². The maximum atomic E-state index is 12.7. The molecule has 0 rings (SSSR count). The van der Waals surface area contributed by atoms with Gasteiger partial charge in [0.05, 0.1) is 0 Å². The van der Waals surface area contributed by atoms with E-state index >= 15 is 0 Å². The van der Waals surface area contributed by atoms with Gasteiger partial charge in [0, 0.05) is 0 Å². The Labute approximate surface area is 103 Å². The monoisotopic (exact) mass is 352 g/mol. The molecule has 0 saturated carbocycles. The fourth-order valence-electron chi connectivity index (χ4n) is 0.782. The van der Waals surface area contributed by atoms with Crippen molar-refractivity contribution in [3.8, 4) is 0 Å². The first-order valence-electron chi connectivity index (χ1n) is 4.00. The minimum Gasteiger partial charge on any atom is -0.222 e. The van der Waals surface area contributed by atoms with E-state index < -0.39 is 44.8 Å². The van der Waals surface area contributed by atoms with Crippen LogP contribution in [-0.2, 0) is 0 Å². The summed E-state index contributed by atoms with van der Waals surface area (Å²) in [5.74, 6) is -22.7. The van der Waals surface area contributed by atoms with E-state index in [1.54, 1.807) is 0 Å². The topological polar surface area (TPSA) is 0 Å². The highest BCUT2D eigenvalue weighted by Crippen LogP contribution is 2.61. The van der Waals surface area contributed by atoms with Crippen molar-refractivity contribution in [3.05, 3.63) is 0 Å². The third-order valence-corrected chi connectivity index (χ3v) is 2.70. The van der Waals surface area contributed by atoms with Gasteiger partial charge in [-0.2, -0.15) is 52.7 Å². The van der Waals surface area contributed by atoms with E-state index in [2.05, 4.69) is 0 Å². The summed E-state index contributed by atoms with van der Waals surface area (Å²) < 4.78 is 158. The van der Waals surface area contributed by atoms with E-state index in [1.165, 1.54) is 0 Å². The lowest BCUT2D eigenvalue weighted by Crippen LogP contribution is -2.68. The largest absolute Gasteiger partial charge is 0.460 e. The fraction of sp³-hybridized carbons (Fsp3) is 1.00. The average Bonchev–Trinajstić information content (AvgIpc) is 2.12. The molecule has 0 aliphatic carbocycles. The van der Waals surface area contributed by atoms with E-state index in [0.29, 0.717) is 0 Å². The molecule has 0 bridgehead atoms. The van der Waals surface area contributed by atoms with Crippen LogP contribution in [0.1, 0.15) is 0 Å². The SMILES string of the molecule is FC(F)(F)C(F)(F)C(F)(F)C(F)(F)C(F)(P)C(F)(F)F. The van der Waals surface area contributed by atoms with Gasteiger partial charge in [0.15, 0.2) is 0 Å². The van der Waals surface area contributed by atoms with Gasteiger partial charge in [-0.05, 0) is 0 Å². The van der Waals surface area contributed by atoms with Crippen LogP contribution in [0.3, 0.4) is 0 Å². The molecule has 0 aliphatic rings. The zero-order valence-corrected chi connectivity index (χ0v) is 9.65. The third-order valence-electron chi connectivity index (χ3n) is 2.01. The number of hydrogen-bond donors (Lipinski definition) is 0. The van der Waals surface area contributed by atoms with Crippen LogP contribution in [0, 0.1) is 0 Å². The van der Waals surface area contributed by atoms with Crippen LogP contribution >= 0.6 is 9.24 Å². The molecule has 0 heterocycles. The second-order valence-corrected chi connectivity index (χ2v) is 4.23. The van der Waals surface area contributed by atoms with E-state index in [1.807, 2.05) is 0 Å². The molecular weight excluding hydrogens is 350 g/mol. The van der Waals surface area contributed by atoms with Crippen molar-refractivity contribution in [3.63, 3.8) is 0 Å². The predicted molar refractivity (Wildman–Crippen MR) is 40.5 cm³/mol. The number of halogens is 13. The first-order valence-corrected chi connectivity index (χ1v) is 4.57. The second-order valence-electron chi connectivity index (χ2n) is 3.43. The Hall–Kier alpha value is -0.480. The molecule has 0 aromatic heterocycles. The van der Waals surface area contributed by atoms with Crippen LogP contribution in [-0.4, -0.2) is 35.5 Å². The highest BCUT2D eigenvalue weighted by atomic mass is 31.0. The third kappa shape index (κ3) is 2.41. The minimum absolute atomic E-state index is 0.530. The van der Waals surface area contributed by atoms with Crippen LogP contribution in [0.15, 0.2) is 0 Å². The maximum Gasteiger partial charge on any atom is 0.460 e. The average molecular weight is 352 g/mol. The Morgan fingerprint density at radius 1 is 0.400 bits per heavy atom. The molecule has 20 heavy (non-hydrogen) atoms. The standard InChI is InChI=1S/C6H2F13P/c7-1(8,3(11,12)5(14,15)16)2(9,10)4(13,20)6(17,18)19/h20H2. The second kappa shape index (κ2) is 4.51. The number of rotatable bonds is 3. The summed E-state index contributed by atoms with van der Waals surface area (Å²) >= 11 is 0. The lowest BCUT2D eigenvalue weighted by Gasteiger charge is -2.39. The molecule has 2 unspecified atom stereocenters. The number of hydrogen-bond acceptors (Lipinski definition) is 0. The van der Waals surface area contributed by atoms with Crippen molar-refractivity contribution < 1.29 is 57.1 Å². The van der Waals surface area contributed by atoms with Gasteiger partial charge in [-0.25, -0.2) is 4.39 Å². The van der Waals surface area contributed by atoms with Gasteiger partial charge in [0.25, 0.3) is 5.41 Å². The molecule has 14 heteroatoms. The minimum atomic E-state index is -7.69. The zero-order valence-electron chi connectivity index (χ0n) is 8.49. The van der Waals surface area contributed by atoms with Gasteiger partial charge in [0.2, 0.25) is 0 Å². The maximum absolute atomic E-state index is 12.7. The van der Waals surface area contributed by atoms with E-state index in [4.69, 9.17) is 0 Å². The Morgan fingerprint density at radius 3 is 0.900 bits per heavy atom. The normalized spacial score (nSPS) is 18.9. The molecule has 0 aliphatic heterocycles. The van der Waals surface area contributed by atoms with Crippen molar-refractivity contribution in [2.45, 2.75) is 35.5 Å². The van der Waals surface area contributed by atoms with Gasteiger partial charge < -0.3 is 0 Å².